The number of hydrogen-bond acceptors (Lipinski definition) is 4. The maximum absolute atomic E-state index is 13.2. The first-order valence-electron chi connectivity index (χ1n) is 9.26. The average Bonchev–Trinajstić information content (AvgIpc) is 3.18. The van der Waals surface area contributed by atoms with Crippen LogP contribution < -0.4 is 9.96 Å². The summed E-state index contributed by atoms with van der Waals surface area (Å²) in [4.78, 5) is 33.6. The summed E-state index contributed by atoms with van der Waals surface area (Å²) in [6, 6.07) is 16.8. The fourth-order valence-electron chi connectivity index (χ4n) is 3.87. The molecule has 5 nitrogen and oxygen atoms in total. The van der Waals surface area contributed by atoms with Crippen molar-refractivity contribution in [3.05, 3.63) is 59.1 Å². The highest BCUT2D eigenvalue weighted by Gasteiger charge is 2.59. The highest BCUT2D eigenvalue weighted by atomic mass is 79.9. The van der Waals surface area contributed by atoms with E-state index < -0.39 is 12.0 Å². The number of halogens is 1. The summed E-state index contributed by atoms with van der Waals surface area (Å²) >= 11 is 3.38. The van der Waals surface area contributed by atoms with Gasteiger partial charge in [-0.25, -0.2) is 9.96 Å². The van der Waals surface area contributed by atoms with Gasteiger partial charge < -0.3 is 0 Å². The Balaban J connectivity index is 1.66. The Kier molecular flexibility index (Phi) is 5.02. The molecule has 2 saturated heterocycles. The van der Waals surface area contributed by atoms with E-state index >= 15 is 0 Å². The second kappa shape index (κ2) is 7.44. The third-order valence-corrected chi connectivity index (χ3v) is 5.72. The van der Waals surface area contributed by atoms with Gasteiger partial charge in [-0.05, 0) is 42.8 Å². The van der Waals surface area contributed by atoms with Gasteiger partial charge in [0.1, 0.15) is 0 Å². The van der Waals surface area contributed by atoms with Crippen LogP contribution in [0.1, 0.15) is 26.2 Å². The SMILES string of the molecule is CCCC[C@H]1[C@@H]2C(=O)N(c3ccc(Br)cc3)C(=O)[C@H]2ON1c1ccccc1. The minimum Gasteiger partial charge on any atom is -0.273 e. The van der Waals surface area contributed by atoms with E-state index in [9.17, 15) is 9.59 Å². The van der Waals surface area contributed by atoms with E-state index in [1.165, 1.54) is 4.90 Å². The first-order valence-corrected chi connectivity index (χ1v) is 10.1. The predicted octanol–water partition coefficient (Wildman–Crippen LogP) is 4.32. The van der Waals surface area contributed by atoms with E-state index in [0.717, 1.165) is 29.4 Å². The second-order valence-corrected chi connectivity index (χ2v) is 7.83. The van der Waals surface area contributed by atoms with Gasteiger partial charge in [-0.2, -0.15) is 0 Å². The van der Waals surface area contributed by atoms with Crippen molar-refractivity contribution < 1.29 is 14.4 Å². The van der Waals surface area contributed by atoms with Gasteiger partial charge in [0, 0.05) is 4.47 Å². The summed E-state index contributed by atoms with van der Waals surface area (Å²) in [5.41, 5.74) is 1.47. The van der Waals surface area contributed by atoms with Crippen molar-refractivity contribution in [2.75, 3.05) is 9.96 Å². The fraction of sp³-hybridized carbons (Fsp3) is 0.333. The molecular weight excluding hydrogens is 408 g/mol. The molecule has 0 N–H and O–H groups in total. The Morgan fingerprint density at radius 2 is 1.67 bits per heavy atom. The number of anilines is 2. The number of fused-ring (bicyclic) bond motifs is 1. The molecule has 3 atom stereocenters. The van der Waals surface area contributed by atoms with E-state index in [1.54, 1.807) is 17.2 Å². The normalized spacial score (nSPS) is 24.6. The van der Waals surface area contributed by atoms with E-state index in [1.807, 2.05) is 42.5 Å². The van der Waals surface area contributed by atoms with Crippen LogP contribution in [-0.2, 0) is 14.4 Å². The molecule has 140 valence electrons. The molecule has 0 radical (unpaired) electrons. The molecule has 0 saturated carbocycles. The zero-order valence-electron chi connectivity index (χ0n) is 15.0. The van der Waals surface area contributed by atoms with Gasteiger partial charge in [0.15, 0.2) is 6.10 Å². The van der Waals surface area contributed by atoms with Gasteiger partial charge in [-0.3, -0.25) is 14.4 Å². The summed E-state index contributed by atoms with van der Waals surface area (Å²) in [5, 5.41) is 1.78. The molecule has 0 aromatic heterocycles. The lowest BCUT2D eigenvalue weighted by atomic mass is 9.92. The van der Waals surface area contributed by atoms with Gasteiger partial charge in [0.25, 0.3) is 5.91 Å². The average molecular weight is 429 g/mol. The summed E-state index contributed by atoms with van der Waals surface area (Å²) in [6.45, 7) is 2.12. The third kappa shape index (κ3) is 3.17. The quantitative estimate of drug-likeness (QED) is 0.665. The molecule has 0 unspecified atom stereocenters. The molecule has 2 amide bonds. The number of carbonyl (C=O) groups is 2. The van der Waals surface area contributed by atoms with E-state index in [2.05, 4.69) is 22.9 Å². The highest BCUT2D eigenvalue weighted by Crippen LogP contribution is 2.42. The molecule has 2 heterocycles. The molecule has 0 spiro atoms. The molecule has 4 rings (SSSR count). The first-order chi connectivity index (χ1) is 13.1. The summed E-state index contributed by atoms with van der Waals surface area (Å²) in [5.74, 6) is -0.938. The number of hydroxylamine groups is 1. The fourth-order valence-corrected chi connectivity index (χ4v) is 4.14. The molecule has 2 aliphatic rings. The van der Waals surface area contributed by atoms with Crippen LogP contribution >= 0.6 is 15.9 Å². The van der Waals surface area contributed by atoms with Crippen LogP contribution in [-0.4, -0.2) is 24.0 Å². The zero-order chi connectivity index (χ0) is 19.0. The van der Waals surface area contributed by atoms with Crippen molar-refractivity contribution in [2.24, 2.45) is 5.92 Å². The summed E-state index contributed by atoms with van der Waals surface area (Å²) in [6.07, 6.45) is 2.04. The van der Waals surface area contributed by atoms with E-state index in [4.69, 9.17) is 4.84 Å². The van der Waals surface area contributed by atoms with Gasteiger partial charge in [-0.1, -0.05) is 53.9 Å². The molecule has 2 fully saturated rings. The van der Waals surface area contributed by atoms with Crippen LogP contribution in [0.3, 0.4) is 0 Å². The standard InChI is InChI=1S/C21H21BrN2O3/c1-2-3-9-17-18-19(27-24(17)16-7-5-4-6-8-16)21(26)23(20(18)25)15-12-10-14(22)11-13-15/h4-8,10-13,17-19H,2-3,9H2,1H3/t17-,18-,19-/m0/s1. The molecular formula is C21H21BrN2O3. The molecule has 2 aromatic rings. The van der Waals surface area contributed by atoms with Crippen LogP contribution in [0.25, 0.3) is 0 Å². The topological polar surface area (TPSA) is 49.9 Å². The predicted molar refractivity (Wildman–Crippen MR) is 107 cm³/mol. The molecule has 2 aliphatic heterocycles. The third-order valence-electron chi connectivity index (χ3n) is 5.19. The largest absolute Gasteiger partial charge is 0.273 e. The first kappa shape index (κ1) is 18.2. The molecule has 0 bridgehead atoms. The van der Waals surface area contributed by atoms with Crippen LogP contribution in [0, 0.1) is 5.92 Å². The Morgan fingerprint density at radius 1 is 0.963 bits per heavy atom. The van der Waals surface area contributed by atoms with Crippen LogP contribution in [0.5, 0.6) is 0 Å². The summed E-state index contributed by atoms with van der Waals surface area (Å²) < 4.78 is 0.901. The van der Waals surface area contributed by atoms with Crippen molar-refractivity contribution in [2.45, 2.75) is 38.3 Å². The number of rotatable bonds is 5. The number of unbranched alkanes of at least 4 members (excludes halogenated alkanes) is 1. The van der Waals surface area contributed by atoms with Crippen molar-refractivity contribution in [1.82, 2.24) is 0 Å². The van der Waals surface area contributed by atoms with Crippen molar-refractivity contribution >= 4 is 39.1 Å². The maximum atomic E-state index is 13.2. The summed E-state index contributed by atoms with van der Waals surface area (Å²) in [7, 11) is 0. The van der Waals surface area contributed by atoms with Gasteiger partial charge in [-0.15, -0.1) is 0 Å². The number of amides is 2. The van der Waals surface area contributed by atoms with Gasteiger partial charge in [0.05, 0.1) is 23.3 Å². The number of benzene rings is 2. The smallest absolute Gasteiger partial charge is 0.266 e. The number of para-hydroxylation sites is 1. The number of carbonyl (C=O) groups excluding carboxylic acids is 2. The lowest BCUT2D eigenvalue weighted by Crippen LogP contribution is -2.40. The Morgan fingerprint density at radius 3 is 2.33 bits per heavy atom. The molecule has 0 aliphatic carbocycles. The molecule has 6 heteroatoms. The number of imide groups is 1. The van der Waals surface area contributed by atoms with Gasteiger partial charge in [0.2, 0.25) is 5.91 Å². The Hall–Kier alpha value is -2.18. The Labute approximate surface area is 167 Å². The Bertz CT molecular complexity index is 840. The number of nitrogens with zero attached hydrogens (tertiary/aromatic N) is 2. The zero-order valence-corrected chi connectivity index (χ0v) is 16.6. The van der Waals surface area contributed by atoms with Crippen LogP contribution in [0.15, 0.2) is 59.1 Å². The molecule has 27 heavy (non-hydrogen) atoms. The maximum Gasteiger partial charge on any atom is 0.266 e. The highest BCUT2D eigenvalue weighted by molar-refractivity contribution is 9.10. The van der Waals surface area contributed by atoms with E-state index in [-0.39, 0.29) is 17.9 Å². The lowest BCUT2D eigenvalue weighted by Gasteiger charge is -2.28. The number of hydrogen-bond donors (Lipinski definition) is 0. The van der Waals surface area contributed by atoms with E-state index in [0.29, 0.717) is 5.69 Å². The van der Waals surface area contributed by atoms with Crippen molar-refractivity contribution in [3.63, 3.8) is 0 Å². The monoisotopic (exact) mass is 428 g/mol. The van der Waals surface area contributed by atoms with Crippen LogP contribution in [0.4, 0.5) is 11.4 Å². The van der Waals surface area contributed by atoms with Crippen molar-refractivity contribution in [1.29, 1.82) is 0 Å². The van der Waals surface area contributed by atoms with Crippen molar-refractivity contribution in [3.8, 4) is 0 Å². The second-order valence-electron chi connectivity index (χ2n) is 6.91. The molecule has 2 aromatic carbocycles. The minimum absolute atomic E-state index is 0.144. The lowest BCUT2D eigenvalue weighted by molar-refractivity contribution is -0.126. The minimum atomic E-state index is -0.761. The van der Waals surface area contributed by atoms with Crippen LogP contribution in [0.2, 0.25) is 0 Å². The van der Waals surface area contributed by atoms with Gasteiger partial charge >= 0.3 is 0 Å².